The molecule has 0 spiro atoms. The number of ether oxygens (including phenoxy) is 1. The summed E-state index contributed by atoms with van der Waals surface area (Å²) in [6.45, 7) is 4.97. The van der Waals surface area contributed by atoms with Crippen LogP contribution in [0.1, 0.15) is 361 Å². The van der Waals surface area contributed by atoms with Crippen molar-refractivity contribution in [3.63, 3.8) is 0 Å². The first-order valence-electron chi connectivity index (χ1n) is 32.6. The molecule has 0 aromatic heterocycles. The number of carbonyl (C=O) groups is 2. The van der Waals surface area contributed by atoms with Crippen LogP contribution in [0.2, 0.25) is 0 Å². The fourth-order valence-electron chi connectivity index (χ4n) is 10.2. The summed E-state index contributed by atoms with van der Waals surface area (Å²) in [4.78, 5) is 24.6. The van der Waals surface area contributed by atoms with Gasteiger partial charge in [0.1, 0.15) is 0 Å². The van der Waals surface area contributed by atoms with Crippen molar-refractivity contribution in [1.82, 2.24) is 5.32 Å². The number of hydrogen-bond donors (Lipinski definition) is 3. The second-order valence-electron chi connectivity index (χ2n) is 22.4. The van der Waals surface area contributed by atoms with E-state index in [4.69, 9.17) is 4.74 Å². The monoisotopic (exact) mass is 1010 g/mol. The van der Waals surface area contributed by atoms with Gasteiger partial charge in [-0.2, -0.15) is 0 Å². The van der Waals surface area contributed by atoms with Gasteiger partial charge in [0.05, 0.1) is 25.4 Å². The Morgan fingerprint density at radius 1 is 0.375 bits per heavy atom. The molecule has 0 aromatic carbocycles. The Hall–Kier alpha value is -1.66. The standard InChI is InChI=1S/C66H127NO5/c1-3-5-7-9-11-13-15-17-19-27-32-36-40-44-48-52-56-60-66(71)72-61-57-53-49-45-41-37-33-29-26-24-22-21-23-25-28-31-35-39-43-47-51-55-59-65(70)67-63(62-68)64(69)58-54-50-46-42-38-34-30-20-18-16-14-12-10-8-6-4-2/h17,19,23,25,63-64,68-69H,3-16,18,20-22,24,26-62H2,1-2H3,(H,67,70)/b19-17-,25-23-. The first-order chi connectivity index (χ1) is 35.5. The molecule has 2 unspecified atom stereocenters. The lowest BCUT2D eigenvalue weighted by Crippen LogP contribution is -2.45. The van der Waals surface area contributed by atoms with Gasteiger partial charge >= 0.3 is 5.97 Å². The van der Waals surface area contributed by atoms with Gasteiger partial charge in [-0.05, 0) is 77.0 Å². The van der Waals surface area contributed by atoms with Gasteiger partial charge in [-0.1, -0.05) is 295 Å². The molecule has 0 aliphatic carbocycles. The molecule has 2 atom stereocenters. The minimum Gasteiger partial charge on any atom is -0.466 e. The predicted molar refractivity (Wildman–Crippen MR) is 315 cm³/mol. The molecule has 0 bridgehead atoms. The highest BCUT2D eigenvalue weighted by molar-refractivity contribution is 5.76. The lowest BCUT2D eigenvalue weighted by Gasteiger charge is -2.22. The second kappa shape index (κ2) is 61.9. The maximum absolute atomic E-state index is 12.5. The van der Waals surface area contributed by atoms with Gasteiger partial charge in [0.25, 0.3) is 0 Å². The minimum atomic E-state index is -0.669. The molecule has 6 heteroatoms. The van der Waals surface area contributed by atoms with E-state index in [0.717, 1.165) is 44.9 Å². The Balaban J connectivity index is 3.40. The highest BCUT2D eigenvalue weighted by Gasteiger charge is 2.20. The molecule has 0 radical (unpaired) electrons. The van der Waals surface area contributed by atoms with E-state index in [1.807, 2.05) is 0 Å². The molecule has 0 aliphatic rings. The molecular weight excluding hydrogens is 887 g/mol. The SMILES string of the molecule is CCCCCCCC/C=C\CCCCCCCCCC(=O)OCCCCCCCCCCCCC/C=C\CCCCCCCCCC(=O)NC(CO)C(O)CCCCCCCCCCCCCCCCCC. The van der Waals surface area contributed by atoms with Gasteiger partial charge in [-0.15, -0.1) is 0 Å². The van der Waals surface area contributed by atoms with Gasteiger partial charge in [0, 0.05) is 12.8 Å². The first-order valence-corrected chi connectivity index (χ1v) is 32.6. The number of aliphatic hydroxyl groups excluding tert-OH is 2. The summed E-state index contributed by atoms with van der Waals surface area (Å²) >= 11 is 0. The lowest BCUT2D eigenvalue weighted by molar-refractivity contribution is -0.143. The Bertz CT molecular complexity index is 1120. The van der Waals surface area contributed by atoms with Crippen molar-refractivity contribution in [3.8, 4) is 0 Å². The number of esters is 1. The fourth-order valence-corrected chi connectivity index (χ4v) is 10.2. The average Bonchev–Trinajstić information content (AvgIpc) is 3.38. The third-order valence-corrected chi connectivity index (χ3v) is 15.2. The smallest absolute Gasteiger partial charge is 0.305 e. The van der Waals surface area contributed by atoms with Crippen molar-refractivity contribution in [2.24, 2.45) is 0 Å². The molecule has 72 heavy (non-hydrogen) atoms. The van der Waals surface area contributed by atoms with Gasteiger partial charge < -0.3 is 20.3 Å². The van der Waals surface area contributed by atoms with E-state index in [1.54, 1.807) is 0 Å². The number of unbranched alkanes of at least 4 members (excludes halogenated alkanes) is 46. The molecule has 0 heterocycles. The molecule has 3 N–H and O–H groups in total. The summed E-state index contributed by atoms with van der Waals surface area (Å²) in [7, 11) is 0. The summed E-state index contributed by atoms with van der Waals surface area (Å²) in [6.07, 6.45) is 76.2. The van der Waals surface area contributed by atoms with Crippen LogP contribution < -0.4 is 5.32 Å². The number of rotatable bonds is 61. The van der Waals surface area contributed by atoms with Crippen molar-refractivity contribution in [2.45, 2.75) is 373 Å². The van der Waals surface area contributed by atoms with Crippen LogP contribution in [-0.2, 0) is 14.3 Å². The van der Waals surface area contributed by atoms with E-state index in [2.05, 4.69) is 43.5 Å². The van der Waals surface area contributed by atoms with Crippen molar-refractivity contribution in [1.29, 1.82) is 0 Å². The summed E-state index contributed by atoms with van der Waals surface area (Å²) in [5.74, 6) is -0.0323. The molecule has 0 saturated carbocycles. The molecule has 0 rings (SSSR count). The summed E-state index contributed by atoms with van der Waals surface area (Å²) in [5, 5.41) is 23.3. The molecular formula is C66H127NO5. The maximum Gasteiger partial charge on any atom is 0.305 e. The number of nitrogens with one attached hydrogen (secondary N) is 1. The van der Waals surface area contributed by atoms with Crippen LogP contribution in [0.4, 0.5) is 0 Å². The van der Waals surface area contributed by atoms with E-state index >= 15 is 0 Å². The van der Waals surface area contributed by atoms with Crippen LogP contribution in [0.25, 0.3) is 0 Å². The summed E-state index contributed by atoms with van der Waals surface area (Å²) in [6, 6.07) is -0.546. The number of carbonyl (C=O) groups excluding carboxylic acids is 2. The Morgan fingerprint density at radius 2 is 0.653 bits per heavy atom. The van der Waals surface area contributed by atoms with E-state index in [9.17, 15) is 19.8 Å². The zero-order valence-corrected chi connectivity index (χ0v) is 48.7. The topological polar surface area (TPSA) is 95.9 Å². The molecule has 6 nitrogen and oxygen atoms in total. The zero-order valence-electron chi connectivity index (χ0n) is 48.7. The van der Waals surface area contributed by atoms with Crippen LogP contribution >= 0.6 is 0 Å². The highest BCUT2D eigenvalue weighted by atomic mass is 16.5. The highest BCUT2D eigenvalue weighted by Crippen LogP contribution is 2.18. The molecule has 1 amide bonds. The van der Waals surface area contributed by atoms with Crippen LogP contribution in [0.5, 0.6) is 0 Å². The third kappa shape index (κ3) is 57.6. The van der Waals surface area contributed by atoms with E-state index < -0.39 is 12.1 Å². The first kappa shape index (κ1) is 70.3. The second-order valence-corrected chi connectivity index (χ2v) is 22.4. The normalized spacial score (nSPS) is 12.7. The number of hydrogen-bond acceptors (Lipinski definition) is 5. The third-order valence-electron chi connectivity index (χ3n) is 15.2. The van der Waals surface area contributed by atoms with E-state index in [0.29, 0.717) is 25.9 Å². The van der Waals surface area contributed by atoms with Crippen molar-refractivity contribution < 1.29 is 24.5 Å². The Kier molecular flexibility index (Phi) is 60.5. The minimum absolute atomic E-state index is 0.00724. The van der Waals surface area contributed by atoms with Gasteiger partial charge in [-0.25, -0.2) is 0 Å². The molecule has 426 valence electrons. The van der Waals surface area contributed by atoms with Gasteiger partial charge in [0.2, 0.25) is 5.91 Å². The lowest BCUT2D eigenvalue weighted by atomic mass is 10.0. The summed E-state index contributed by atoms with van der Waals surface area (Å²) in [5.41, 5.74) is 0. The van der Waals surface area contributed by atoms with Crippen LogP contribution in [0.3, 0.4) is 0 Å². The molecule has 0 fully saturated rings. The zero-order chi connectivity index (χ0) is 52.2. The van der Waals surface area contributed by atoms with Crippen LogP contribution in [0, 0.1) is 0 Å². The Labute approximate surface area is 450 Å². The van der Waals surface area contributed by atoms with Crippen molar-refractivity contribution >= 4 is 11.9 Å². The molecule has 0 aliphatic heterocycles. The largest absolute Gasteiger partial charge is 0.466 e. The predicted octanol–water partition coefficient (Wildman–Crippen LogP) is 20.6. The average molecular weight is 1010 g/mol. The molecule has 0 aromatic rings. The van der Waals surface area contributed by atoms with E-state index in [1.165, 1.54) is 283 Å². The molecule has 0 saturated heterocycles. The summed E-state index contributed by atoms with van der Waals surface area (Å²) < 4.78 is 5.49. The fraction of sp³-hybridized carbons (Fsp3) is 0.909. The Morgan fingerprint density at radius 3 is 0.986 bits per heavy atom. The van der Waals surface area contributed by atoms with Gasteiger partial charge in [0.15, 0.2) is 0 Å². The maximum atomic E-state index is 12.5. The van der Waals surface area contributed by atoms with Crippen LogP contribution in [-0.4, -0.2) is 47.4 Å². The van der Waals surface area contributed by atoms with Gasteiger partial charge in [-0.3, -0.25) is 9.59 Å². The van der Waals surface area contributed by atoms with Crippen LogP contribution in [0.15, 0.2) is 24.3 Å². The quantitative estimate of drug-likeness (QED) is 0.0320. The number of allylic oxidation sites excluding steroid dienone is 4. The van der Waals surface area contributed by atoms with E-state index in [-0.39, 0.29) is 18.5 Å². The number of aliphatic hydroxyl groups is 2. The van der Waals surface area contributed by atoms with Crippen molar-refractivity contribution in [3.05, 3.63) is 24.3 Å². The van der Waals surface area contributed by atoms with Crippen molar-refractivity contribution in [2.75, 3.05) is 13.2 Å². The number of amides is 1.